The molecule has 1 atom stereocenters. The van der Waals surface area contributed by atoms with E-state index in [0.717, 1.165) is 18.8 Å². The predicted octanol–water partition coefficient (Wildman–Crippen LogP) is 1.91. The number of rotatable bonds is 2. The molecule has 2 rings (SSSR count). The SMILES string of the molecule is C=C1c2ccccc2C(CNC)CN1C. The Labute approximate surface area is 91.6 Å². The molecule has 1 aromatic rings. The summed E-state index contributed by atoms with van der Waals surface area (Å²) in [6.07, 6.45) is 0. The van der Waals surface area contributed by atoms with Gasteiger partial charge in [-0.15, -0.1) is 0 Å². The summed E-state index contributed by atoms with van der Waals surface area (Å²) >= 11 is 0. The Hall–Kier alpha value is -1.28. The fourth-order valence-corrected chi connectivity index (χ4v) is 2.28. The molecule has 2 nitrogen and oxygen atoms in total. The molecule has 80 valence electrons. The molecule has 0 amide bonds. The minimum absolute atomic E-state index is 0.571. The van der Waals surface area contributed by atoms with Gasteiger partial charge in [0.1, 0.15) is 0 Å². The van der Waals surface area contributed by atoms with E-state index in [4.69, 9.17) is 0 Å². The lowest BCUT2D eigenvalue weighted by atomic mass is 9.88. The molecule has 0 aromatic heterocycles. The number of benzene rings is 1. The summed E-state index contributed by atoms with van der Waals surface area (Å²) in [7, 11) is 4.12. The second-order valence-corrected chi connectivity index (χ2v) is 4.17. The van der Waals surface area contributed by atoms with Crippen molar-refractivity contribution in [3.8, 4) is 0 Å². The van der Waals surface area contributed by atoms with E-state index in [9.17, 15) is 0 Å². The molecule has 1 aromatic carbocycles. The Kier molecular flexibility index (Phi) is 2.78. The number of hydrogen-bond acceptors (Lipinski definition) is 2. The van der Waals surface area contributed by atoms with Gasteiger partial charge >= 0.3 is 0 Å². The molecule has 0 spiro atoms. The first kappa shape index (κ1) is 10.2. The maximum Gasteiger partial charge on any atom is 0.0367 e. The monoisotopic (exact) mass is 202 g/mol. The fraction of sp³-hybridized carbons (Fsp3) is 0.385. The van der Waals surface area contributed by atoms with Gasteiger partial charge in [-0.3, -0.25) is 0 Å². The molecule has 2 heteroatoms. The Morgan fingerprint density at radius 1 is 1.47 bits per heavy atom. The molecule has 0 bridgehead atoms. The van der Waals surface area contributed by atoms with Crippen LogP contribution in [0.15, 0.2) is 30.8 Å². The van der Waals surface area contributed by atoms with E-state index in [1.807, 2.05) is 7.05 Å². The van der Waals surface area contributed by atoms with Crippen molar-refractivity contribution in [3.63, 3.8) is 0 Å². The summed E-state index contributed by atoms with van der Waals surface area (Å²) in [5.41, 5.74) is 3.86. The Balaban J connectivity index is 2.40. The van der Waals surface area contributed by atoms with E-state index in [1.54, 1.807) is 0 Å². The highest BCUT2D eigenvalue weighted by Gasteiger charge is 2.24. The smallest absolute Gasteiger partial charge is 0.0367 e. The first-order chi connectivity index (χ1) is 7.24. The molecule has 15 heavy (non-hydrogen) atoms. The average Bonchev–Trinajstić information content (AvgIpc) is 2.26. The van der Waals surface area contributed by atoms with Crippen LogP contribution in [0.1, 0.15) is 17.0 Å². The van der Waals surface area contributed by atoms with Gasteiger partial charge in [-0.2, -0.15) is 0 Å². The maximum absolute atomic E-state index is 4.14. The van der Waals surface area contributed by atoms with Gasteiger partial charge in [0, 0.05) is 37.3 Å². The number of nitrogens with one attached hydrogen (secondary N) is 1. The summed E-state index contributed by atoms with van der Waals surface area (Å²) < 4.78 is 0. The van der Waals surface area contributed by atoms with E-state index in [1.165, 1.54) is 11.1 Å². The quantitative estimate of drug-likeness (QED) is 0.788. The molecule has 0 radical (unpaired) electrons. The van der Waals surface area contributed by atoms with Crippen LogP contribution in [0.3, 0.4) is 0 Å². The van der Waals surface area contributed by atoms with Gasteiger partial charge in [0.25, 0.3) is 0 Å². The Morgan fingerprint density at radius 3 is 2.93 bits per heavy atom. The third-order valence-corrected chi connectivity index (χ3v) is 3.12. The van der Waals surface area contributed by atoms with E-state index < -0.39 is 0 Å². The highest BCUT2D eigenvalue weighted by molar-refractivity contribution is 5.67. The van der Waals surface area contributed by atoms with Gasteiger partial charge in [-0.05, 0) is 12.6 Å². The van der Waals surface area contributed by atoms with E-state index >= 15 is 0 Å². The first-order valence-electron chi connectivity index (χ1n) is 5.38. The lowest BCUT2D eigenvalue weighted by molar-refractivity contribution is 0.406. The van der Waals surface area contributed by atoms with Crippen LogP contribution in [0, 0.1) is 0 Å². The minimum atomic E-state index is 0.571. The molecule has 0 saturated carbocycles. The molecule has 1 aliphatic heterocycles. The van der Waals surface area contributed by atoms with Crippen LogP contribution in [0.25, 0.3) is 5.70 Å². The lowest BCUT2D eigenvalue weighted by Gasteiger charge is -2.35. The standard InChI is InChI=1S/C13H18N2/c1-10-12-6-4-5-7-13(12)11(8-14-2)9-15(10)3/h4-7,11,14H,1,8-9H2,2-3H3. The second-order valence-electron chi connectivity index (χ2n) is 4.17. The molecule has 1 aliphatic rings. The summed E-state index contributed by atoms with van der Waals surface area (Å²) in [6, 6.07) is 8.57. The minimum Gasteiger partial charge on any atom is -0.374 e. The number of likely N-dealkylation sites (N-methyl/N-ethyl adjacent to an activating group) is 2. The largest absolute Gasteiger partial charge is 0.374 e. The zero-order chi connectivity index (χ0) is 10.8. The van der Waals surface area contributed by atoms with Crippen molar-refractivity contribution in [2.75, 3.05) is 27.2 Å². The molecule has 1 N–H and O–H groups in total. The van der Waals surface area contributed by atoms with Gasteiger partial charge in [-0.1, -0.05) is 30.8 Å². The number of hydrogen-bond donors (Lipinski definition) is 1. The zero-order valence-electron chi connectivity index (χ0n) is 9.46. The van der Waals surface area contributed by atoms with Crippen molar-refractivity contribution in [3.05, 3.63) is 42.0 Å². The normalized spacial score (nSPS) is 20.3. The van der Waals surface area contributed by atoms with E-state index in [0.29, 0.717) is 5.92 Å². The first-order valence-corrected chi connectivity index (χ1v) is 5.38. The highest BCUT2D eigenvalue weighted by atomic mass is 15.1. The van der Waals surface area contributed by atoms with Gasteiger partial charge < -0.3 is 10.2 Å². The molecule has 0 saturated heterocycles. The van der Waals surface area contributed by atoms with E-state index in [-0.39, 0.29) is 0 Å². The summed E-state index contributed by atoms with van der Waals surface area (Å²) in [4.78, 5) is 2.24. The summed E-state index contributed by atoms with van der Waals surface area (Å²) in [5, 5.41) is 3.26. The molecular weight excluding hydrogens is 184 g/mol. The van der Waals surface area contributed by atoms with Crippen molar-refractivity contribution in [2.24, 2.45) is 0 Å². The van der Waals surface area contributed by atoms with Gasteiger partial charge in [0.2, 0.25) is 0 Å². The fourth-order valence-electron chi connectivity index (χ4n) is 2.28. The molecule has 1 heterocycles. The van der Waals surface area contributed by atoms with Crippen molar-refractivity contribution in [1.82, 2.24) is 10.2 Å². The molecule has 0 fully saturated rings. The van der Waals surface area contributed by atoms with Crippen LogP contribution in [0.5, 0.6) is 0 Å². The number of fused-ring (bicyclic) bond motifs is 1. The summed E-state index contributed by atoms with van der Waals surface area (Å²) in [5.74, 6) is 0.571. The molecule has 1 unspecified atom stereocenters. The summed E-state index contributed by atoms with van der Waals surface area (Å²) in [6.45, 7) is 6.21. The van der Waals surface area contributed by atoms with Gasteiger partial charge in [0.15, 0.2) is 0 Å². The van der Waals surface area contributed by atoms with Crippen LogP contribution in [-0.4, -0.2) is 32.1 Å². The second kappa shape index (κ2) is 4.07. The maximum atomic E-state index is 4.14. The Bertz CT molecular complexity index is 371. The number of nitrogens with zero attached hydrogens (tertiary/aromatic N) is 1. The van der Waals surface area contributed by atoms with Crippen LogP contribution < -0.4 is 5.32 Å². The van der Waals surface area contributed by atoms with Gasteiger partial charge in [0.05, 0.1) is 0 Å². The highest BCUT2D eigenvalue weighted by Crippen LogP contribution is 2.32. The van der Waals surface area contributed by atoms with Crippen molar-refractivity contribution in [1.29, 1.82) is 0 Å². The van der Waals surface area contributed by atoms with Crippen LogP contribution in [0.2, 0.25) is 0 Å². The van der Waals surface area contributed by atoms with Crippen LogP contribution in [-0.2, 0) is 0 Å². The van der Waals surface area contributed by atoms with Crippen molar-refractivity contribution < 1.29 is 0 Å². The van der Waals surface area contributed by atoms with Crippen molar-refractivity contribution in [2.45, 2.75) is 5.92 Å². The van der Waals surface area contributed by atoms with Gasteiger partial charge in [-0.25, -0.2) is 0 Å². The average molecular weight is 202 g/mol. The topological polar surface area (TPSA) is 15.3 Å². The van der Waals surface area contributed by atoms with E-state index in [2.05, 4.69) is 48.1 Å². The van der Waals surface area contributed by atoms with Crippen LogP contribution in [0.4, 0.5) is 0 Å². The predicted molar refractivity (Wildman–Crippen MR) is 64.8 cm³/mol. The lowest BCUT2D eigenvalue weighted by Crippen LogP contribution is -2.33. The third-order valence-electron chi connectivity index (χ3n) is 3.12. The molecule has 0 aliphatic carbocycles. The van der Waals surface area contributed by atoms with Crippen LogP contribution >= 0.6 is 0 Å². The Morgan fingerprint density at radius 2 is 2.20 bits per heavy atom. The zero-order valence-corrected chi connectivity index (χ0v) is 9.46. The van der Waals surface area contributed by atoms with Crippen molar-refractivity contribution >= 4 is 5.70 Å². The molecular formula is C13H18N2. The third kappa shape index (κ3) is 1.77.